The van der Waals surface area contributed by atoms with Gasteiger partial charge in [-0.3, -0.25) is 9.59 Å². The highest BCUT2D eigenvalue weighted by Gasteiger charge is 2.31. The van der Waals surface area contributed by atoms with E-state index in [-0.39, 0.29) is 23.7 Å². The van der Waals surface area contributed by atoms with Crippen LogP contribution in [0.3, 0.4) is 0 Å². The van der Waals surface area contributed by atoms with Crippen LogP contribution >= 0.6 is 0 Å². The first-order valence-electron chi connectivity index (χ1n) is 9.48. The van der Waals surface area contributed by atoms with Gasteiger partial charge in [-0.05, 0) is 36.8 Å². The molecule has 0 aliphatic carbocycles. The zero-order valence-corrected chi connectivity index (χ0v) is 16.9. The average molecular weight is 430 g/mol. The zero-order chi connectivity index (χ0) is 22.6. The van der Waals surface area contributed by atoms with E-state index in [1.807, 2.05) is 19.1 Å². The Morgan fingerprint density at radius 2 is 1.84 bits per heavy atom. The predicted molar refractivity (Wildman–Crippen MR) is 110 cm³/mol. The van der Waals surface area contributed by atoms with Crippen LogP contribution in [0, 0.1) is 6.92 Å². The molecule has 0 radical (unpaired) electrons. The minimum absolute atomic E-state index is 0.0333. The number of aryl methyl sites for hydroxylation is 1. The SMILES string of the molecule is CC(=O)NC(CC(=O)Nc1cc(C(F)(F)F)ccc1-n1cccn1)c1ccc(C)cc1. The molecule has 31 heavy (non-hydrogen) atoms. The lowest BCUT2D eigenvalue weighted by Crippen LogP contribution is -2.30. The third kappa shape index (κ3) is 5.71. The Bertz CT molecular complexity index is 1060. The second kappa shape index (κ2) is 9.03. The quantitative estimate of drug-likeness (QED) is 0.609. The first kappa shape index (κ1) is 22.1. The summed E-state index contributed by atoms with van der Waals surface area (Å²) in [4.78, 5) is 24.4. The summed E-state index contributed by atoms with van der Waals surface area (Å²) in [6.07, 6.45) is -1.68. The van der Waals surface area contributed by atoms with Crippen molar-refractivity contribution < 1.29 is 22.8 Å². The average Bonchev–Trinajstić information content (AvgIpc) is 3.21. The van der Waals surface area contributed by atoms with Gasteiger partial charge in [0.25, 0.3) is 0 Å². The van der Waals surface area contributed by atoms with Crippen molar-refractivity contribution in [2.45, 2.75) is 32.5 Å². The van der Waals surface area contributed by atoms with Gasteiger partial charge in [-0.1, -0.05) is 29.8 Å². The number of amides is 2. The lowest BCUT2D eigenvalue weighted by molar-refractivity contribution is -0.137. The summed E-state index contributed by atoms with van der Waals surface area (Å²) in [5, 5.41) is 9.29. The largest absolute Gasteiger partial charge is 0.416 e. The zero-order valence-electron chi connectivity index (χ0n) is 16.9. The monoisotopic (exact) mass is 430 g/mol. The topological polar surface area (TPSA) is 76.0 Å². The van der Waals surface area contributed by atoms with Gasteiger partial charge in [0, 0.05) is 19.3 Å². The smallest absolute Gasteiger partial charge is 0.349 e. The number of aromatic nitrogens is 2. The van der Waals surface area contributed by atoms with E-state index in [1.165, 1.54) is 23.9 Å². The van der Waals surface area contributed by atoms with E-state index in [9.17, 15) is 22.8 Å². The summed E-state index contributed by atoms with van der Waals surface area (Å²) in [5.41, 5.74) is 1.09. The molecular weight excluding hydrogens is 409 g/mol. The Kier molecular flexibility index (Phi) is 6.43. The molecule has 9 heteroatoms. The molecule has 3 aromatic rings. The van der Waals surface area contributed by atoms with Crippen molar-refractivity contribution in [2.24, 2.45) is 0 Å². The molecule has 0 aliphatic heterocycles. The van der Waals surface area contributed by atoms with E-state index in [2.05, 4.69) is 15.7 Å². The van der Waals surface area contributed by atoms with Gasteiger partial charge in [-0.15, -0.1) is 0 Å². The van der Waals surface area contributed by atoms with Crippen LogP contribution in [-0.4, -0.2) is 21.6 Å². The summed E-state index contributed by atoms with van der Waals surface area (Å²) in [7, 11) is 0. The molecular formula is C22H21F3N4O2. The highest BCUT2D eigenvalue weighted by Crippen LogP contribution is 2.33. The number of rotatable bonds is 6. The maximum absolute atomic E-state index is 13.2. The molecule has 6 nitrogen and oxygen atoms in total. The summed E-state index contributed by atoms with van der Waals surface area (Å²) in [6.45, 7) is 3.25. The van der Waals surface area contributed by atoms with Crippen molar-refractivity contribution in [2.75, 3.05) is 5.32 Å². The standard InChI is InChI=1S/C22H21F3N4O2/c1-14-4-6-16(7-5-14)18(27-15(2)30)13-21(31)28-19-12-17(22(23,24)25)8-9-20(19)29-11-3-10-26-29/h3-12,18H,13H2,1-2H3,(H,27,30)(H,28,31). The maximum atomic E-state index is 13.2. The molecule has 1 heterocycles. The third-order valence-corrected chi connectivity index (χ3v) is 4.60. The van der Waals surface area contributed by atoms with Gasteiger partial charge in [-0.2, -0.15) is 18.3 Å². The summed E-state index contributed by atoms with van der Waals surface area (Å²) in [6, 6.07) is 11.3. The Morgan fingerprint density at radius 1 is 1.13 bits per heavy atom. The number of nitrogens with zero attached hydrogens (tertiary/aromatic N) is 2. The fraction of sp³-hybridized carbons (Fsp3) is 0.227. The Hall–Kier alpha value is -3.62. The van der Waals surface area contributed by atoms with Crippen LogP contribution < -0.4 is 10.6 Å². The molecule has 0 saturated heterocycles. The third-order valence-electron chi connectivity index (χ3n) is 4.60. The van der Waals surface area contributed by atoms with Gasteiger partial charge >= 0.3 is 6.18 Å². The molecule has 0 saturated carbocycles. The van der Waals surface area contributed by atoms with Crippen LogP contribution in [-0.2, 0) is 15.8 Å². The first-order chi connectivity index (χ1) is 14.6. The van der Waals surface area contributed by atoms with E-state index >= 15 is 0 Å². The van der Waals surface area contributed by atoms with Crippen LogP contribution in [0.4, 0.5) is 18.9 Å². The number of anilines is 1. The second-order valence-electron chi connectivity index (χ2n) is 7.10. The molecule has 0 bridgehead atoms. The van der Waals surface area contributed by atoms with Crippen LogP contribution in [0.5, 0.6) is 0 Å². The number of halogens is 3. The van der Waals surface area contributed by atoms with E-state index in [0.717, 1.165) is 17.7 Å². The summed E-state index contributed by atoms with van der Waals surface area (Å²) < 4.78 is 41.0. The molecule has 162 valence electrons. The number of hydrogen-bond acceptors (Lipinski definition) is 3. The molecule has 1 aromatic heterocycles. The molecule has 0 spiro atoms. The van der Waals surface area contributed by atoms with Crippen molar-refractivity contribution >= 4 is 17.5 Å². The van der Waals surface area contributed by atoms with Gasteiger partial charge in [0.15, 0.2) is 0 Å². The van der Waals surface area contributed by atoms with Crippen LogP contribution in [0.1, 0.15) is 36.1 Å². The van der Waals surface area contributed by atoms with E-state index < -0.39 is 23.7 Å². The van der Waals surface area contributed by atoms with Crippen LogP contribution in [0.15, 0.2) is 60.9 Å². The predicted octanol–water partition coefficient (Wildman–Crippen LogP) is 4.41. The van der Waals surface area contributed by atoms with Crippen molar-refractivity contribution in [1.82, 2.24) is 15.1 Å². The second-order valence-corrected chi connectivity index (χ2v) is 7.10. The van der Waals surface area contributed by atoms with E-state index in [0.29, 0.717) is 5.56 Å². The maximum Gasteiger partial charge on any atom is 0.416 e. The number of nitrogens with one attached hydrogen (secondary N) is 2. The fourth-order valence-corrected chi connectivity index (χ4v) is 3.11. The Morgan fingerprint density at radius 3 is 2.42 bits per heavy atom. The lowest BCUT2D eigenvalue weighted by atomic mass is 10.0. The first-order valence-corrected chi connectivity index (χ1v) is 9.48. The van der Waals surface area contributed by atoms with Crippen molar-refractivity contribution in [1.29, 1.82) is 0 Å². The van der Waals surface area contributed by atoms with Crippen LogP contribution in [0.25, 0.3) is 5.69 Å². The number of carbonyl (C=O) groups is 2. The van der Waals surface area contributed by atoms with E-state index in [1.54, 1.807) is 24.4 Å². The molecule has 1 unspecified atom stereocenters. The fourth-order valence-electron chi connectivity index (χ4n) is 3.11. The number of benzene rings is 2. The number of alkyl halides is 3. The van der Waals surface area contributed by atoms with E-state index in [4.69, 9.17) is 0 Å². The molecule has 0 fully saturated rings. The number of carbonyl (C=O) groups excluding carboxylic acids is 2. The minimum atomic E-state index is -4.57. The summed E-state index contributed by atoms with van der Waals surface area (Å²) >= 11 is 0. The molecule has 2 aromatic carbocycles. The van der Waals surface area contributed by atoms with Gasteiger partial charge in [-0.25, -0.2) is 4.68 Å². The van der Waals surface area contributed by atoms with Gasteiger partial charge in [0.1, 0.15) is 0 Å². The number of hydrogen-bond donors (Lipinski definition) is 2. The Balaban J connectivity index is 1.88. The van der Waals surface area contributed by atoms with Gasteiger partial charge < -0.3 is 10.6 Å². The lowest BCUT2D eigenvalue weighted by Gasteiger charge is -2.19. The van der Waals surface area contributed by atoms with Crippen molar-refractivity contribution in [3.63, 3.8) is 0 Å². The molecule has 1 atom stereocenters. The summed E-state index contributed by atoms with van der Waals surface area (Å²) in [5.74, 6) is -0.873. The van der Waals surface area contributed by atoms with Gasteiger partial charge in [0.2, 0.25) is 11.8 Å². The van der Waals surface area contributed by atoms with Crippen molar-refractivity contribution in [3.8, 4) is 5.69 Å². The molecule has 0 aliphatic rings. The van der Waals surface area contributed by atoms with Gasteiger partial charge in [0.05, 0.1) is 29.4 Å². The Labute approximate surface area is 177 Å². The highest BCUT2D eigenvalue weighted by molar-refractivity contribution is 5.93. The highest BCUT2D eigenvalue weighted by atomic mass is 19.4. The molecule has 2 amide bonds. The molecule has 3 rings (SSSR count). The van der Waals surface area contributed by atoms with Crippen molar-refractivity contribution in [3.05, 3.63) is 77.6 Å². The normalized spacial score (nSPS) is 12.3. The van der Waals surface area contributed by atoms with Crippen LogP contribution in [0.2, 0.25) is 0 Å². The molecule has 2 N–H and O–H groups in total. The minimum Gasteiger partial charge on any atom is -0.349 e.